The SMILES string of the molecule is Cc1noc(C)c1Cn1nc2n(c1=O)CCC(NC(=O)CN1CCCCC1)CC2. The van der Waals surface area contributed by atoms with Crippen LogP contribution >= 0.6 is 0 Å². The van der Waals surface area contributed by atoms with Crippen molar-refractivity contribution in [2.24, 2.45) is 0 Å². The van der Waals surface area contributed by atoms with Gasteiger partial charge < -0.3 is 9.84 Å². The van der Waals surface area contributed by atoms with E-state index in [0.717, 1.165) is 43.0 Å². The summed E-state index contributed by atoms with van der Waals surface area (Å²) in [4.78, 5) is 27.5. The van der Waals surface area contributed by atoms with Crippen LogP contribution in [0.4, 0.5) is 0 Å². The molecule has 1 saturated heterocycles. The number of nitrogens with one attached hydrogen (secondary N) is 1. The third kappa shape index (κ3) is 4.44. The monoisotopic (exact) mass is 402 g/mol. The largest absolute Gasteiger partial charge is 0.361 e. The minimum Gasteiger partial charge on any atom is -0.361 e. The average Bonchev–Trinajstić information content (AvgIpc) is 3.09. The first-order chi connectivity index (χ1) is 14.0. The predicted octanol–water partition coefficient (Wildman–Crippen LogP) is 1.00. The highest BCUT2D eigenvalue weighted by Crippen LogP contribution is 2.15. The van der Waals surface area contributed by atoms with Gasteiger partial charge in [0.1, 0.15) is 11.6 Å². The molecule has 4 heterocycles. The number of nitrogens with zero attached hydrogens (tertiary/aromatic N) is 5. The van der Waals surface area contributed by atoms with E-state index >= 15 is 0 Å². The normalized spacial score (nSPS) is 20.3. The van der Waals surface area contributed by atoms with Crippen molar-refractivity contribution < 1.29 is 9.32 Å². The zero-order valence-electron chi connectivity index (χ0n) is 17.3. The second kappa shape index (κ2) is 8.52. The summed E-state index contributed by atoms with van der Waals surface area (Å²) < 4.78 is 8.43. The van der Waals surface area contributed by atoms with E-state index in [1.54, 1.807) is 4.57 Å². The van der Waals surface area contributed by atoms with Gasteiger partial charge in [-0.3, -0.25) is 14.3 Å². The number of aromatic nitrogens is 4. The van der Waals surface area contributed by atoms with Gasteiger partial charge in [-0.2, -0.15) is 5.10 Å². The van der Waals surface area contributed by atoms with Crippen LogP contribution in [0.5, 0.6) is 0 Å². The Hall–Kier alpha value is -2.42. The first-order valence-corrected chi connectivity index (χ1v) is 10.6. The number of aryl methyl sites for hydroxylation is 3. The lowest BCUT2D eigenvalue weighted by atomic mass is 10.1. The molecule has 158 valence electrons. The van der Waals surface area contributed by atoms with E-state index in [4.69, 9.17) is 4.52 Å². The van der Waals surface area contributed by atoms with Crippen molar-refractivity contribution in [2.45, 2.75) is 71.5 Å². The lowest BCUT2D eigenvalue weighted by Gasteiger charge is -2.26. The minimum absolute atomic E-state index is 0.0874. The highest BCUT2D eigenvalue weighted by atomic mass is 16.5. The number of hydrogen-bond acceptors (Lipinski definition) is 6. The molecule has 1 atom stereocenters. The number of likely N-dealkylation sites (tertiary alicyclic amines) is 1. The van der Waals surface area contributed by atoms with Gasteiger partial charge in [-0.05, 0) is 52.6 Å². The highest BCUT2D eigenvalue weighted by Gasteiger charge is 2.24. The zero-order chi connectivity index (χ0) is 20.4. The number of carbonyl (C=O) groups excluding carboxylic acids is 1. The Morgan fingerprint density at radius 1 is 1.17 bits per heavy atom. The molecule has 2 aliphatic heterocycles. The van der Waals surface area contributed by atoms with Crippen molar-refractivity contribution in [1.29, 1.82) is 0 Å². The lowest BCUT2D eigenvalue weighted by Crippen LogP contribution is -2.44. The molecule has 0 aliphatic carbocycles. The summed E-state index contributed by atoms with van der Waals surface area (Å²) in [5, 5.41) is 11.7. The third-order valence-corrected chi connectivity index (χ3v) is 6.09. The quantitative estimate of drug-likeness (QED) is 0.801. The molecule has 2 aliphatic rings. The summed E-state index contributed by atoms with van der Waals surface area (Å²) in [5.74, 6) is 1.59. The summed E-state index contributed by atoms with van der Waals surface area (Å²) in [6, 6.07) is 0.0874. The Bertz CT molecular complexity index is 902. The van der Waals surface area contributed by atoms with E-state index in [1.165, 1.54) is 23.9 Å². The van der Waals surface area contributed by atoms with Crippen LogP contribution in [0.25, 0.3) is 0 Å². The Balaban J connectivity index is 1.36. The zero-order valence-corrected chi connectivity index (χ0v) is 17.3. The second-order valence-corrected chi connectivity index (χ2v) is 8.24. The molecule has 29 heavy (non-hydrogen) atoms. The Morgan fingerprint density at radius 2 is 1.97 bits per heavy atom. The number of amides is 1. The fourth-order valence-electron chi connectivity index (χ4n) is 4.35. The topological polar surface area (TPSA) is 98.2 Å². The number of rotatable bonds is 5. The maximum absolute atomic E-state index is 12.8. The summed E-state index contributed by atoms with van der Waals surface area (Å²) >= 11 is 0. The molecule has 1 fully saturated rings. The lowest BCUT2D eigenvalue weighted by molar-refractivity contribution is -0.123. The first-order valence-electron chi connectivity index (χ1n) is 10.6. The van der Waals surface area contributed by atoms with Crippen molar-refractivity contribution in [1.82, 2.24) is 29.7 Å². The second-order valence-electron chi connectivity index (χ2n) is 8.24. The summed E-state index contributed by atoms with van der Waals surface area (Å²) in [6.45, 7) is 7.16. The van der Waals surface area contributed by atoms with Gasteiger partial charge in [0.05, 0.1) is 18.8 Å². The number of carbonyl (C=O) groups is 1. The van der Waals surface area contributed by atoms with E-state index in [0.29, 0.717) is 31.8 Å². The molecule has 9 nitrogen and oxygen atoms in total. The van der Waals surface area contributed by atoms with Crippen molar-refractivity contribution in [3.63, 3.8) is 0 Å². The fourth-order valence-corrected chi connectivity index (χ4v) is 4.35. The minimum atomic E-state index is -0.111. The third-order valence-electron chi connectivity index (χ3n) is 6.09. The molecule has 0 radical (unpaired) electrons. The van der Waals surface area contributed by atoms with Gasteiger partial charge in [-0.1, -0.05) is 11.6 Å². The van der Waals surface area contributed by atoms with E-state index in [1.807, 2.05) is 13.8 Å². The van der Waals surface area contributed by atoms with E-state index in [-0.39, 0.29) is 17.6 Å². The van der Waals surface area contributed by atoms with E-state index in [9.17, 15) is 9.59 Å². The van der Waals surface area contributed by atoms with Crippen LogP contribution in [0, 0.1) is 13.8 Å². The average molecular weight is 402 g/mol. The number of piperidine rings is 1. The van der Waals surface area contributed by atoms with Gasteiger partial charge in [0.2, 0.25) is 5.91 Å². The molecule has 1 N–H and O–H groups in total. The maximum Gasteiger partial charge on any atom is 0.346 e. The molecule has 0 spiro atoms. The summed E-state index contributed by atoms with van der Waals surface area (Å²) in [6.07, 6.45) is 5.84. The fraction of sp³-hybridized carbons (Fsp3) is 0.700. The Kier molecular flexibility index (Phi) is 5.84. The van der Waals surface area contributed by atoms with Crippen LogP contribution in [0.2, 0.25) is 0 Å². The van der Waals surface area contributed by atoms with Gasteiger partial charge in [0.25, 0.3) is 0 Å². The maximum atomic E-state index is 12.8. The molecule has 0 aromatic carbocycles. The molecular formula is C20H30N6O3. The number of hydrogen-bond donors (Lipinski definition) is 1. The van der Waals surface area contributed by atoms with Crippen molar-refractivity contribution >= 4 is 5.91 Å². The summed E-state index contributed by atoms with van der Waals surface area (Å²) in [5.41, 5.74) is 1.58. The van der Waals surface area contributed by atoms with Crippen LogP contribution in [0.3, 0.4) is 0 Å². The molecule has 2 aromatic heterocycles. The molecule has 0 bridgehead atoms. The molecule has 1 unspecified atom stereocenters. The van der Waals surface area contributed by atoms with Crippen molar-refractivity contribution in [2.75, 3.05) is 19.6 Å². The van der Waals surface area contributed by atoms with Crippen LogP contribution in [0.15, 0.2) is 9.32 Å². The first kappa shape index (κ1) is 19.9. The van der Waals surface area contributed by atoms with Gasteiger partial charge >= 0.3 is 5.69 Å². The smallest absolute Gasteiger partial charge is 0.346 e. The molecular weight excluding hydrogens is 372 g/mol. The summed E-state index contributed by atoms with van der Waals surface area (Å²) in [7, 11) is 0. The highest BCUT2D eigenvalue weighted by molar-refractivity contribution is 5.78. The standard InChI is InChI=1S/C20H30N6O3/c1-14-17(15(2)29-23-14)12-26-20(28)25-11-8-16(6-7-18(25)22-26)21-19(27)13-24-9-4-3-5-10-24/h16H,3-13H2,1-2H3,(H,21,27). The van der Waals surface area contributed by atoms with Crippen molar-refractivity contribution in [3.8, 4) is 0 Å². The van der Waals surface area contributed by atoms with Crippen molar-refractivity contribution in [3.05, 3.63) is 33.3 Å². The number of fused-ring (bicyclic) bond motifs is 1. The van der Waals surface area contributed by atoms with Crippen LogP contribution in [-0.4, -0.2) is 56.0 Å². The van der Waals surface area contributed by atoms with Crippen LogP contribution in [0.1, 0.15) is 54.9 Å². The predicted molar refractivity (Wildman–Crippen MR) is 107 cm³/mol. The van der Waals surface area contributed by atoms with Crippen LogP contribution < -0.4 is 11.0 Å². The Labute approximate surface area is 170 Å². The van der Waals surface area contributed by atoms with Gasteiger partial charge in [0.15, 0.2) is 0 Å². The van der Waals surface area contributed by atoms with E-state index in [2.05, 4.69) is 20.5 Å². The van der Waals surface area contributed by atoms with Gasteiger partial charge in [-0.15, -0.1) is 0 Å². The van der Waals surface area contributed by atoms with Crippen LogP contribution in [-0.2, 0) is 24.3 Å². The molecule has 1 amide bonds. The molecule has 2 aromatic rings. The Morgan fingerprint density at radius 3 is 2.69 bits per heavy atom. The van der Waals surface area contributed by atoms with Gasteiger partial charge in [-0.25, -0.2) is 9.48 Å². The van der Waals surface area contributed by atoms with E-state index < -0.39 is 0 Å². The van der Waals surface area contributed by atoms with Gasteiger partial charge in [0, 0.05) is 24.6 Å². The molecule has 9 heteroatoms. The molecule has 4 rings (SSSR count). The molecule has 0 saturated carbocycles.